The van der Waals surface area contributed by atoms with Crippen LogP contribution in [0.5, 0.6) is 0 Å². The molecule has 1 rings (SSSR count). The molecule has 0 saturated carbocycles. The molecule has 0 bridgehead atoms. The Morgan fingerprint density at radius 2 is 2.46 bits per heavy atom. The van der Waals surface area contributed by atoms with Crippen molar-refractivity contribution >= 4 is 5.97 Å². The van der Waals surface area contributed by atoms with Crippen LogP contribution in [0.15, 0.2) is 0 Å². The lowest BCUT2D eigenvalue weighted by molar-refractivity contribution is -0.150. The van der Waals surface area contributed by atoms with Crippen LogP contribution in [0.1, 0.15) is 39.0 Å². The third-order valence-corrected chi connectivity index (χ3v) is 2.10. The first-order valence-corrected chi connectivity index (χ1v) is 4.99. The van der Waals surface area contributed by atoms with Crippen molar-refractivity contribution in [2.75, 3.05) is 6.61 Å². The molecule has 1 saturated heterocycles. The molecule has 0 unspecified atom stereocenters. The number of cyclic esters (lactones) is 1. The summed E-state index contributed by atoms with van der Waals surface area (Å²) in [5, 5.41) is 0. The molecule has 2 nitrogen and oxygen atoms in total. The molecule has 2 heteroatoms. The highest BCUT2D eigenvalue weighted by Crippen LogP contribution is 2.13. The van der Waals surface area contributed by atoms with E-state index in [1.807, 2.05) is 0 Å². The second-order valence-electron chi connectivity index (χ2n) is 3.29. The molecule has 0 aliphatic carbocycles. The normalized spacial score (nSPS) is 21.6. The first kappa shape index (κ1) is 10.1. The monoisotopic (exact) mass is 180 g/mol. The van der Waals surface area contributed by atoms with E-state index in [-0.39, 0.29) is 11.9 Å². The van der Waals surface area contributed by atoms with Crippen LogP contribution in [0.4, 0.5) is 0 Å². The highest BCUT2D eigenvalue weighted by atomic mass is 16.5. The summed E-state index contributed by atoms with van der Waals surface area (Å²) in [5.74, 6) is 5.74. The van der Waals surface area contributed by atoms with Crippen LogP contribution in [0.2, 0.25) is 0 Å². The molecular formula is C11H16O2. The van der Waals surface area contributed by atoms with E-state index in [2.05, 4.69) is 18.8 Å². The van der Waals surface area contributed by atoms with Crippen molar-refractivity contribution in [3.63, 3.8) is 0 Å². The number of esters is 1. The third kappa shape index (κ3) is 3.50. The summed E-state index contributed by atoms with van der Waals surface area (Å²) in [6.07, 6.45) is 5.01. The molecule has 0 radical (unpaired) electrons. The molecule has 13 heavy (non-hydrogen) atoms. The van der Waals surface area contributed by atoms with Gasteiger partial charge < -0.3 is 4.74 Å². The van der Waals surface area contributed by atoms with Gasteiger partial charge >= 0.3 is 5.97 Å². The van der Waals surface area contributed by atoms with Gasteiger partial charge in [-0.1, -0.05) is 19.3 Å². The van der Waals surface area contributed by atoms with Gasteiger partial charge in [0.25, 0.3) is 0 Å². The number of carbonyl (C=O) groups excluding carboxylic acids is 1. The summed E-state index contributed by atoms with van der Waals surface area (Å²) in [4.78, 5) is 11.1. The SMILES string of the molecule is CCCCC#C[C@H]1CCCOC1=O. The number of hydrogen-bond donors (Lipinski definition) is 0. The predicted molar refractivity (Wildman–Crippen MR) is 51.0 cm³/mol. The van der Waals surface area contributed by atoms with Crippen LogP contribution < -0.4 is 0 Å². The van der Waals surface area contributed by atoms with Gasteiger partial charge in [-0.2, -0.15) is 0 Å². The Balaban J connectivity index is 2.31. The van der Waals surface area contributed by atoms with Gasteiger partial charge in [0.2, 0.25) is 0 Å². The van der Waals surface area contributed by atoms with Gasteiger partial charge in [0.05, 0.1) is 6.61 Å². The van der Waals surface area contributed by atoms with Crippen LogP contribution in [-0.4, -0.2) is 12.6 Å². The summed E-state index contributed by atoms with van der Waals surface area (Å²) in [6, 6.07) is 0. The van der Waals surface area contributed by atoms with Crippen molar-refractivity contribution in [2.45, 2.75) is 39.0 Å². The lowest BCUT2D eigenvalue weighted by Crippen LogP contribution is -2.22. The first-order chi connectivity index (χ1) is 6.34. The number of unbranched alkanes of at least 4 members (excludes halogenated alkanes) is 2. The summed E-state index contributed by atoms with van der Waals surface area (Å²) < 4.78 is 4.91. The van der Waals surface area contributed by atoms with Gasteiger partial charge in [-0.25, -0.2) is 0 Å². The van der Waals surface area contributed by atoms with E-state index in [9.17, 15) is 4.79 Å². The molecule has 1 fully saturated rings. The quantitative estimate of drug-likeness (QED) is 0.369. The summed E-state index contributed by atoms with van der Waals surface area (Å²) >= 11 is 0. The number of ether oxygens (including phenoxy) is 1. The largest absolute Gasteiger partial charge is 0.465 e. The summed E-state index contributed by atoms with van der Waals surface area (Å²) in [6.45, 7) is 2.71. The van der Waals surface area contributed by atoms with Gasteiger partial charge in [0.15, 0.2) is 0 Å². The molecule has 72 valence electrons. The molecule has 1 aliphatic heterocycles. The zero-order valence-electron chi connectivity index (χ0n) is 8.14. The standard InChI is InChI=1S/C11H16O2/c1-2-3-4-5-7-10-8-6-9-13-11(10)12/h10H,2-4,6,8-9H2,1H3/t10-/m0/s1. The highest BCUT2D eigenvalue weighted by molar-refractivity contribution is 5.76. The van der Waals surface area contributed by atoms with E-state index >= 15 is 0 Å². The summed E-state index contributed by atoms with van der Waals surface area (Å²) in [5.41, 5.74) is 0. The fraction of sp³-hybridized carbons (Fsp3) is 0.727. The zero-order chi connectivity index (χ0) is 9.52. The lowest BCUT2D eigenvalue weighted by atomic mass is 10.0. The molecule has 0 N–H and O–H groups in total. The maximum Gasteiger partial charge on any atom is 0.321 e. The Kier molecular flexibility index (Phi) is 4.39. The maximum absolute atomic E-state index is 11.1. The summed E-state index contributed by atoms with van der Waals surface area (Å²) in [7, 11) is 0. The van der Waals surface area contributed by atoms with Crippen molar-refractivity contribution in [3.05, 3.63) is 0 Å². The van der Waals surface area contributed by atoms with Crippen molar-refractivity contribution in [1.29, 1.82) is 0 Å². The Hall–Kier alpha value is -0.970. The van der Waals surface area contributed by atoms with Gasteiger partial charge in [-0.15, -0.1) is 5.92 Å². The van der Waals surface area contributed by atoms with Gasteiger partial charge in [-0.3, -0.25) is 4.79 Å². The van der Waals surface area contributed by atoms with Crippen LogP contribution in [0.3, 0.4) is 0 Å². The van der Waals surface area contributed by atoms with E-state index in [1.54, 1.807) is 0 Å². The maximum atomic E-state index is 11.1. The van der Waals surface area contributed by atoms with Gasteiger partial charge in [-0.05, 0) is 19.3 Å². The number of hydrogen-bond acceptors (Lipinski definition) is 2. The van der Waals surface area contributed by atoms with E-state index in [1.165, 1.54) is 0 Å². The second kappa shape index (κ2) is 5.64. The van der Waals surface area contributed by atoms with E-state index in [0.717, 1.165) is 32.1 Å². The minimum atomic E-state index is -0.148. The smallest absolute Gasteiger partial charge is 0.321 e. The fourth-order valence-electron chi connectivity index (χ4n) is 1.27. The first-order valence-electron chi connectivity index (χ1n) is 4.99. The van der Waals surface area contributed by atoms with Crippen molar-refractivity contribution < 1.29 is 9.53 Å². The molecule has 0 aromatic carbocycles. The topological polar surface area (TPSA) is 26.3 Å². The Morgan fingerprint density at radius 3 is 3.15 bits per heavy atom. The minimum Gasteiger partial charge on any atom is -0.465 e. The van der Waals surface area contributed by atoms with E-state index in [4.69, 9.17) is 4.74 Å². The van der Waals surface area contributed by atoms with Crippen LogP contribution in [0.25, 0.3) is 0 Å². The average Bonchev–Trinajstić information content (AvgIpc) is 2.15. The molecule has 0 aromatic rings. The van der Waals surface area contributed by atoms with Crippen LogP contribution >= 0.6 is 0 Å². The van der Waals surface area contributed by atoms with Crippen LogP contribution in [0, 0.1) is 17.8 Å². The van der Waals surface area contributed by atoms with E-state index in [0.29, 0.717) is 6.61 Å². The lowest BCUT2D eigenvalue weighted by Gasteiger charge is -2.15. The zero-order valence-corrected chi connectivity index (χ0v) is 8.14. The minimum absolute atomic E-state index is 0.129. The molecule has 0 aromatic heterocycles. The van der Waals surface area contributed by atoms with Gasteiger partial charge in [0, 0.05) is 6.42 Å². The van der Waals surface area contributed by atoms with Gasteiger partial charge in [0.1, 0.15) is 5.92 Å². The molecule has 1 atom stereocenters. The molecule has 1 heterocycles. The Morgan fingerprint density at radius 1 is 1.62 bits per heavy atom. The third-order valence-electron chi connectivity index (χ3n) is 2.10. The Bertz CT molecular complexity index is 222. The average molecular weight is 180 g/mol. The second-order valence-corrected chi connectivity index (χ2v) is 3.29. The number of carbonyl (C=O) groups is 1. The predicted octanol–water partition coefficient (Wildman–Crippen LogP) is 2.13. The van der Waals surface area contributed by atoms with E-state index < -0.39 is 0 Å². The van der Waals surface area contributed by atoms with Crippen LogP contribution in [-0.2, 0) is 9.53 Å². The van der Waals surface area contributed by atoms with Crippen molar-refractivity contribution in [2.24, 2.45) is 5.92 Å². The van der Waals surface area contributed by atoms with Crippen molar-refractivity contribution in [1.82, 2.24) is 0 Å². The molecule has 1 aliphatic rings. The Labute approximate surface area is 79.7 Å². The molecular weight excluding hydrogens is 164 g/mol. The highest BCUT2D eigenvalue weighted by Gasteiger charge is 2.21. The molecule has 0 amide bonds. The molecule has 0 spiro atoms. The van der Waals surface area contributed by atoms with Crippen molar-refractivity contribution in [3.8, 4) is 11.8 Å². The number of rotatable bonds is 2. The fourth-order valence-corrected chi connectivity index (χ4v) is 1.27.